The van der Waals surface area contributed by atoms with Crippen LogP contribution in [0.3, 0.4) is 0 Å². The lowest BCUT2D eigenvalue weighted by molar-refractivity contribution is -0.130. The first kappa shape index (κ1) is 22.9. The first-order valence-corrected chi connectivity index (χ1v) is 11.9. The highest BCUT2D eigenvalue weighted by molar-refractivity contribution is 6.31. The highest BCUT2D eigenvalue weighted by Crippen LogP contribution is 2.32. The predicted octanol–water partition coefficient (Wildman–Crippen LogP) is 4.61. The SMILES string of the molecule is O=C1NC(=O)N(CCc2ccccc2)C(=O)C1=Cc1ccc2c(c1)CCN2Cc1ccccc1Cl. The third-order valence-corrected chi connectivity index (χ3v) is 6.75. The molecular formula is C28H24ClN3O3. The maximum atomic E-state index is 13.0. The Morgan fingerprint density at radius 1 is 0.943 bits per heavy atom. The summed E-state index contributed by atoms with van der Waals surface area (Å²) in [7, 11) is 0. The lowest BCUT2D eigenvalue weighted by atomic mass is 10.0. The van der Waals surface area contributed by atoms with E-state index in [9.17, 15) is 14.4 Å². The molecule has 0 saturated carbocycles. The Morgan fingerprint density at radius 2 is 1.71 bits per heavy atom. The molecule has 7 heteroatoms. The standard InChI is InChI=1S/C28H24ClN3O3/c29-24-9-5-4-8-22(24)18-31-14-13-21-16-20(10-11-25(21)31)17-23-26(33)30-28(35)32(27(23)34)15-12-19-6-2-1-3-7-19/h1-11,16-17H,12-15,18H2,(H,30,33,35). The van der Waals surface area contributed by atoms with Gasteiger partial charge in [0, 0.05) is 30.3 Å². The summed E-state index contributed by atoms with van der Waals surface area (Å²) in [5, 5.41) is 3.04. The number of anilines is 1. The smallest absolute Gasteiger partial charge is 0.331 e. The van der Waals surface area contributed by atoms with E-state index in [4.69, 9.17) is 11.6 Å². The Morgan fingerprint density at radius 3 is 2.51 bits per heavy atom. The topological polar surface area (TPSA) is 69.7 Å². The number of halogens is 1. The molecule has 4 amide bonds. The molecule has 0 aliphatic carbocycles. The Balaban J connectivity index is 1.34. The normalized spacial score (nSPS) is 16.6. The zero-order chi connectivity index (χ0) is 24.4. The van der Waals surface area contributed by atoms with Crippen LogP contribution in [0.1, 0.15) is 22.3 Å². The lowest BCUT2D eigenvalue weighted by Gasteiger charge is -2.26. The Labute approximate surface area is 208 Å². The number of amides is 4. The van der Waals surface area contributed by atoms with Gasteiger partial charge in [0.05, 0.1) is 0 Å². The van der Waals surface area contributed by atoms with Gasteiger partial charge in [-0.25, -0.2) is 4.79 Å². The molecule has 1 saturated heterocycles. The summed E-state index contributed by atoms with van der Waals surface area (Å²) < 4.78 is 0. The van der Waals surface area contributed by atoms with Gasteiger partial charge >= 0.3 is 6.03 Å². The molecule has 0 bridgehead atoms. The molecule has 2 aliphatic rings. The van der Waals surface area contributed by atoms with Crippen LogP contribution in [0.2, 0.25) is 5.02 Å². The molecule has 0 aromatic heterocycles. The minimum atomic E-state index is -0.683. The van der Waals surface area contributed by atoms with Crippen molar-refractivity contribution in [1.29, 1.82) is 0 Å². The van der Waals surface area contributed by atoms with Crippen LogP contribution in [0.25, 0.3) is 6.08 Å². The van der Waals surface area contributed by atoms with Crippen molar-refractivity contribution in [3.63, 3.8) is 0 Å². The second-order valence-corrected chi connectivity index (χ2v) is 9.07. The van der Waals surface area contributed by atoms with Crippen LogP contribution in [0.4, 0.5) is 10.5 Å². The molecule has 2 heterocycles. The fourth-order valence-electron chi connectivity index (χ4n) is 4.53. The number of benzene rings is 3. The van der Waals surface area contributed by atoms with Crippen molar-refractivity contribution in [3.8, 4) is 0 Å². The molecule has 0 atom stereocenters. The zero-order valence-corrected chi connectivity index (χ0v) is 19.8. The van der Waals surface area contributed by atoms with Gasteiger partial charge < -0.3 is 4.90 Å². The molecule has 5 rings (SSSR count). The van der Waals surface area contributed by atoms with Gasteiger partial charge in [-0.3, -0.25) is 19.8 Å². The van der Waals surface area contributed by atoms with Gasteiger partial charge in [0.2, 0.25) is 0 Å². The number of imide groups is 2. The van der Waals surface area contributed by atoms with Crippen molar-refractivity contribution in [3.05, 3.63) is 106 Å². The maximum absolute atomic E-state index is 13.0. The number of nitrogens with one attached hydrogen (secondary N) is 1. The second kappa shape index (κ2) is 9.76. The highest BCUT2D eigenvalue weighted by atomic mass is 35.5. The lowest BCUT2D eigenvalue weighted by Crippen LogP contribution is -2.54. The Kier molecular flexibility index (Phi) is 6.38. The summed E-state index contributed by atoms with van der Waals surface area (Å²) in [5.74, 6) is -1.24. The average molecular weight is 486 g/mol. The third-order valence-electron chi connectivity index (χ3n) is 6.38. The van der Waals surface area contributed by atoms with E-state index in [1.807, 2.05) is 72.8 Å². The number of nitrogens with zero attached hydrogens (tertiary/aromatic N) is 2. The van der Waals surface area contributed by atoms with Crippen LogP contribution in [0, 0.1) is 0 Å². The fraction of sp³-hybridized carbons (Fsp3) is 0.179. The molecule has 3 aromatic carbocycles. The van der Waals surface area contributed by atoms with Crippen molar-refractivity contribution in [2.24, 2.45) is 0 Å². The monoisotopic (exact) mass is 485 g/mol. The summed E-state index contributed by atoms with van der Waals surface area (Å²) >= 11 is 6.34. The van der Waals surface area contributed by atoms with Crippen LogP contribution in [-0.4, -0.2) is 35.8 Å². The number of hydrogen-bond donors (Lipinski definition) is 1. The molecule has 0 radical (unpaired) electrons. The number of carbonyl (C=O) groups excluding carboxylic acids is 3. The summed E-state index contributed by atoms with van der Waals surface area (Å²) in [6, 6.07) is 22.6. The van der Waals surface area contributed by atoms with E-state index in [-0.39, 0.29) is 12.1 Å². The average Bonchev–Trinajstić information content (AvgIpc) is 3.25. The van der Waals surface area contributed by atoms with Crippen LogP contribution >= 0.6 is 11.6 Å². The third kappa shape index (κ3) is 4.84. The molecule has 3 aromatic rings. The van der Waals surface area contributed by atoms with E-state index >= 15 is 0 Å². The predicted molar refractivity (Wildman–Crippen MR) is 136 cm³/mol. The first-order chi connectivity index (χ1) is 17.0. The van der Waals surface area contributed by atoms with Gasteiger partial charge in [0.15, 0.2) is 0 Å². The highest BCUT2D eigenvalue weighted by Gasteiger charge is 2.35. The number of hydrogen-bond acceptors (Lipinski definition) is 4. The molecule has 35 heavy (non-hydrogen) atoms. The summed E-state index contributed by atoms with van der Waals surface area (Å²) in [6.07, 6.45) is 2.94. The molecule has 6 nitrogen and oxygen atoms in total. The zero-order valence-electron chi connectivity index (χ0n) is 19.0. The number of fused-ring (bicyclic) bond motifs is 1. The summed E-state index contributed by atoms with van der Waals surface area (Å²) in [5.41, 5.74) is 5.05. The molecule has 0 unspecified atom stereocenters. The van der Waals surface area contributed by atoms with Crippen molar-refractivity contribution in [2.45, 2.75) is 19.4 Å². The van der Waals surface area contributed by atoms with Crippen LogP contribution < -0.4 is 10.2 Å². The largest absolute Gasteiger partial charge is 0.367 e. The van der Waals surface area contributed by atoms with Gasteiger partial charge in [-0.05, 0) is 59.4 Å². The van der Waals surface area contributed by atoms with Crippen molar-refractivity contribution in [2.75, 3.05) is 18.0 Å². The van der Waals surface area contributed by atoms with Gasteiger partial charge in [-0.15, -0.1) is 0 Å². The Hall–Kier alpha value is -3.90. The van der Waals surface area contributed by atoms with Crippen molar-refractivity contribution < 1.29 is 14.4 Å². The molecule has 176 valence electrons. The molecule has 0 spiro atoms. The number of carbonyl (C=O) groups is 3. The van der Waals surface area contributed by atoms with E-state index in [1.165, 1.54) is 0 Å². The van der Waals surface area contributed by atoms with Crippen LogP contribution in [-0.2, 0) is 29.0 Å². The Bertz CT molecular complexity index is 1340. The minimum absolute atomic E-state index is 0.0384. The number of barbiturate groups is 1. The van der Waals surface area contributed by atoms with Crippen LogP contribution in [0.15, 0.2) is 78.4 Å². The summed E-state index contributed by atoms with van der Waals surface area (Å²) in [6.45, 7) is 1.77. The van der Waals surface area contributed by atoms with E-state index < -0.39 is 17.8 Å². The molecular weight excluding hydrogens is 462 g/mol. The van der Waals surface area contributed by atoms with Gasteiger partial charge in [-0.1, -0.05) is 66.2 Å². The maximum Gasteiger partial charge on any atom is 0.331 e. The van der Waals surface area contributed by atoms with E-state index in [1.54, 1.807) is 6.08 Å². The van der Waals surface area contributed by atoms with Crippen molar-refractivity contribution in [1.82, 2.24) is 10.2 Å². The fourth-order valence-corrected chi connectivity index (χ4v) is 4.72. The van der Waals surface area contributed by atoms with E-state index in [2.05, 4.69) is 10.2 Å². The van der Waals surface area contributed by atoms with E-state index in [0.717, 1.165) is 50.8 Å². The van der Waals surface area contributed by atoms with Crippen LogP contribution in [0.5, 0.6) is 0 Å². The van der Waals surface area contributed by atoms with Gasteiger partial charge in [0.1, 0.15) is 5.57 Å². The minimum Gasteiger partial charge on any atom is -0.367 e. The summed E-state index contributed by atoms with van der Waals surface area (Å²) in [4.78, 5) is 41.2. The number of urea groups is 1. The van der Waals surface area contributed by atoms with Crippen molar-refractivity contribution >= 4 is 41.2 Å². The van der Waals surface area contributed by atoms with Gasteiger partial charge in [-0.2, -0.15) is 0 Å². The van der Waals surface area contributed by atoms with Gasteiger partial charge in [0.25, 0.3) is 11.8 Å². The van der Waals surface area contributed by atoms with E-state index in [0.29, 0.717) is 13.0 Å². The molecule has 1 fully saturated rings. The molecule has 2 aliphatic heterocycles. The first-order valence-electron chi connectivity index (χ1n) is 11.5. The number of rotatable bonds is 6. The second-order valence-electron chi connectivity index (χ2n) is 8.66. The quantitative estimate of drug-likeness (QED) is 0.409. The molecule has 1 N–H and O–H groups in total.